The van der Waals surface area contributed by atoms with Gasteiger partial charge in [0.2, 0.25) is 11.7 Å². The lowest BCUT2D eigenvalue weighted by atomic mass is 10.2. The van der Waals surface area contributed by atoms with Crippen molar-refractivity contribution >= 4 is 17.7 Å². The van der Waals surface area contributed by atoms with Crippen molar-refractivity contribution in [1.82, 2.24) is 14.5 Å². The average molecular weight is 298 g/mol. The number of aryl methyl sites for hydroxylation is 2. The summed E-state index contributed by atoms with van der Waals surface area (Å²) in [6, 6.07) is -0.230. The van der Waals surface area contributed by atoms with Gasteiger partial charge in [0, 0.05) is 25.9 Å². The van der Waals surface area contributed by atoms with Crippen LogP contribution in [-0.2, 0) is 16.1 Å². The Labute approximate surface area is 121 Å². The highest BCUT2D eigenvalue weighted by molar-refractivity contribution is 5.81. The first-order valence-electron chi connectivity index (χ1n) is 6.41. The van der Waals surface area contributed by atoms with Crippen molar-refractivity contribution in [2.75, 3.05) is 6.54 Å². The molecule has 0 atom stereocenters. The SMILES string of the molecule is Cc1nc([N+](=O)[O-])cn1CCC(=O)N(CC(=O)O)C(C)C. The molecule has 0 fully saturated rings. The molecule has 116 valence electrons. The minimum Gasteiger partial charge on any atom is -0.480 e. The number of carboxylic acids is 1. The van der Waals surface area contributed by atoms with Gasteiger partial charge in [-0.05, 0) is 23.8 Å². The van der Waals surface area contributed by atoms with E-state index in [0.29, 0.717) is 5.82 Å². The molecule has 1 rings (SSSR count). The number of carbonyl (C=O) groups excluding carboxylic acids is 1. The second-order valence-electron chi connectivity index (χ2n) is 4.86. The molecule has 1 aromatic rings. The van der Waals surface area contributed by atoms with E-state index in [0.717, 1.165) is 0 Å². The van der Waals surface area contributed by atoms with Crippen LogP contribution in [0.15, 0.2) is 6.20 Å². The summed E-state index contributed by atoms with van der Waals surface area (Å²) in [5.74, 6) is -1.23. The predicted molar refractivity (Wildman–Crippen MR) is 72.7 cm³/mol. The molecule has 0 bridgehead atoms. The monoisotopic (exact) mass is 298 g/mol. The Morgan fingerprint density at radius 1 is 1.52 bits per heavy atom. The van der Waals surface area contributed by atoms with Crippen LogP contribution in [0.1, 0.15) is 26.1 Å². The molecule has 9 nitrogen and oxygen atoms in total. The first-order valence-corrected chi connectivity index (χ1v) is 6.41. The van der Waals surface area contributed by atoms with E-state index in [1.807, 2.05) is 0 Å². The third-order valence-corrected chi connectivity index (χ3v) is 2.97. The highest BCUT2D eigenvalue weighted by Crippen LogP contribution is 2.11. The minimum absolute atomic E-state index is 0.0554. The topological polar surface area (TPSA) is 119 Å². The molecule has 1 amide bonds. The summed E-state index contributed by atoms with van der Waals surface area (Å²) < 4.78 is 1.51. The number of amides is 1. The fourth-order valence-electron chi connectivity index (χ4n) is 1.87. The fraction of sp³-hybridized carbons (Fsp3) is 0.583. The van der Waals surface area contributed by atoms with Crippen molar-refractivity contribution < 1.29 is 19.6 Å². The highest BCUT2D eigenvalue weighted by atomic mass is 16.6. The van der Waals surface area contributed by atoms with Gasteiger partial charge in [-0.2, -0.15) is 0 Å². The van der Waals surface area contributed by atoms with Gasteiger partial charge in [-0.15, -0.1) is 0 Å². The molecule has 0 aliphatic heterocycles. The molecule has 0 saturated carbocycles. The number of imidazole rings is 1. The molecular weight excluding hydrogens is 280 g/mol. The summed E-state index contributed by atoms with van der Waals surface area (Å²) in [4.78, 5) is 37.8. The Bertz CT molecular complexity index is 552. The molecule has 0 aliphatic carbocycles. The van der Waals surface area contributed by atoms with E-state index in [9.17, 15) is 19.7 Å². The molecule has 0 aliphatic rings. The molecule has 0 aromatic carbocycles. The second kappa shape index (κ2) is 6.82. The third-order valence-electron chi connectivity index (χ3n) is 2.97. The number of hydrogen-bond acceptors (Lipinski definition) is 5. The Balaban J connectivity index is 2.70. The molecule has 21 heavy (non-hydrogen) atoms. The quantitative estimate of drug-likeness (QED) is 0.587. The summed E-state index contributed by atoms with van der Waals surface area (Å²) in [5.41, 5.74) is 0. The van der Waals surface area contributed by atoms with E-state index in [1.54, 1.807) is 20.8 Å². The minimum atomic E-state index is -1.08. The Hall–Kier alpha value is -2.45. The number of carboxylic acid groups (broad SMARTS) is 1. The van der Waals surface area contributed by atoms with Crippen molar-refractivity contribution in [2.45, 2.75) is 39.8 Å². The summed E-state index contributed by atoms with van der Waals surface area (Å²) in [5, 5.41) is 19.4. The summed E-state index contributed by atoms with van der Waals surface area (Å²) >= 11 is 0. The van der Waals surface area contributed by atoms with Crippen molar-refractivity contribution in [3.05, 3.63) is 22.1 Å². The molecule has 9 heteroatoms. The van der Waals surface area contributed by atoms with E-state index in [1.165, 1.54) is 15.7 Å². The van der Waals surface area contributed by atoms with Gasteiger partial charge in [-0.3, -0.25) is 9.59 Å². The van der Waals surface area contributed by atoms with Crippen LogP contribution < -0.4 is 0 Å². The summed E-state index contributed by atoms with van der Waals surface area (Å²) in [6.07, 6.45) is 1.32. The van der Waals surface area contributed by atoms with Crippen molar-refractivity contribution in [1.29, 1.82) is 0 Å². The van der Waals surface area contributed by atoms with E-state index in [4.69, 9.17) is 5.11 Å². The van der Waals surface area contributed by atoms with E-state index in [-0.39, 0.29) is 37.3 Å². The maximum atomic E-state index is 12.0. The number of aromatic nitrogens is 2. The van der Waals surface area contributed by atoms with Gasteiger partial charge in [0.25, 0.3) is 0 Å². The van der Waals surface area contributed by atoms with Crippen LogP contribution in [-0.4, -0.2) is 48.9 Å². The maximum Gasteiger partial charge on any atom is 0.381 e. The third kappa shape index (κ3) is 4.55. The van der Waals surface area contributed by atoms with Crippen molar-refractivity contribution in [3.63, 3.8) is 0 Å². The normalized spacial score (nSPS) is 10.7. The molecule has 0 spiro atoms. The molecule has 1 N–H and O–H groups in total. The highest BCUT2D eigenvalue weighted by Gasteiger charge is 2.21. The second-order valence-corrected chi connectivity index (χ2v) is 4.86. The van der Waals surface area contributed by atoms with Crippen molar-refractivity contribution in [2.24, 2.45) is 0 Å². The smallest absolute Gasteiger partial charge is 0.381 e. The number of aliphatic carboxylic acids is 1. The zero-order chi connectivity index (χ0) is 16.2. The van der Waals surface area contributed by atoms with Gasteiger partial charge < -0.3 is 24.7 Å². The zero-order valence-corrected chi connectivity index (χ0v) is 12.1. The number of nitro groups is 1. The summed E-state index contributed by atoms with van der Waals surface area (Å²) in [7, 11) is 0. The van der Waals surface area contributed by atoms with E-state index in [2.05, 4.69) is 4.98 Å². The van der Waals surface area contributed by atoms with Gasteiger partial charge >= 0.3 is 11.8 Å². The first-order chi connectivity index (χ1) is 9.72. The fourth-order valence-corrected chi connectivity index (χ4v) is 1.87. The molecule has 1 aromatic heterocycles. The predicted octanol–water partition coefficient (Wildman–Crippen LogP) is 0.811. The molecular formula is C12H18N4O5. The van der Waals surface area contributed by atoms with Crippen LogP contribution in [0, 0.1) is 17.0 Å². The van der Waals surface area contributed by atoms with E-state index < -0.39 is 10.9 Å². The lowest BCUT2D eigenvalue weighted by Crippen LogP contribution is -2.41. The van der Waals surface area contributed by atoms with Crippen LogP contribution in [0.5, 0.6) is 0 Å². The van der Waals surface area contributed by atoms with Crippen molar-refractivity contribution in [3.8, 4) is 0 Å². The van der Waals surface area contributed by atoms with E-state index >= 15 is 0 Å². The standard InChI is InChI=1S/C12H18N4O5/c1-8(2)15(7-12(18)19)11(17)4-5-14-6-10(16(20)21)13-9(14)3/h6,8H,4-5,7H2,1-3H3,(H,18,19). The van der Waals surface area contributed by atoms with Gasteiger partial charge in [0.15, 0.2) is 0 Å². The van der Waals surface area contributed by atoms with Crippen LogP contribution in [0.2, 0.25) is 0 Å². The molecule has 0 unspecified atom stereocenters. The molecule has 0 radical (unpaired) electrons. The van der Waals surface area contributed by atoms with Gasteiger partial charge in [0.1, 0.15) is 12.7 Å². The van der Waals surface area contributed by atoms with Crippen LogP contribution in [0.25, 0.3) is 0 Å². The van der Waals surface area contributed by atoms with Gasteiger partial charge in [-0.1, -0.05) is 0 Å². The summed E-state index contributed by atoms with van der Waals surface area (Å²) in [6.45, 7) is 4.92. The van der Waals surface area contributed by atoms with Gasteiger partial charge in [-0.25, -0.2) is 0 Å². The molecule has 0 saturated heterocycles. The van der Waals surface area contributed by atoms with Crippen LogP contribution >= 0.6 is 0 Å². The number of carbonyl (C=O) groups is 2. The Morgan fingerprint density at radius 2 is 2.14 bits per heavy atom. The Kier molecular flexibility index (Phi) is 5.39. The van der Waals surface area contributed by atoms with Crippen LogP contribution in [0.4, 0.5) is 5.82 Å². The average Bonchev–Trinajstić information content (AvgIpc) is 2.74. The number of hydrogen-bond donors (Lipinski definition) is 1. The zero-order valence-electron chi connectivity index (χ0n) is 12.1. The number of nitrogens with zero attached hydrogens (tertiary/aromatic N) is 4. The van der Waals surface area contributed by atoms with Gasteiger partial charge in [0.05, 0.1) is 0 Å². The lowest BCUT2D eigenvalue weighted by Gasteiger charge is -2.24. The van der Waals surface area contributed by atoms with Crippen LogP contribution in [0.3, 0.4) is 0 Å². The largest absolute Gasteiger partial charge is 0.480 e. The molecule has 1 heterocycles. The Morgan fingerprint density at radius 3 is 2.57 bits per heavy atom. The lowest BCUT2D eigenvalue weighted by molar-refractivity contribution is -0.389. The number of rotatable bonds is 7. The maximum absolute atomic E-state index is 12.0. The first kappa shape index (κ1) is 16.6.